The Morgan fingerprint density at radius 1 is 1.42 bits per heavy atom. The molecule has 0 bridgehead atoms. The van der Waals surface area contributed by atoms with Gasteiger partial charge in [0.2, 0.25) is 0 Å². The Balaban J connectivity index is 2.19. The van der Waals surface area contributed by atoms with Gasteiger partial charge in [0.1, 0.15) is 0 Å². The molecule has 0 aliphatic heterocycles. The molecule has 2 rings (SSSR count). The summed E-state index contributed by atoms with van der Waals surface area (Å²) in [6, 6.07) is 4.59. The molecule has 0 aromatic heterocycles. The number of hydrogen-bond acceptors (Lipinski definition) is 4. The van der Waals surface area contributed by atoms with Crippen LogP contribution in [0.3, 0.4) is 0 Å². The lowest BCUT2D eigenvalue weighted by atomic mass is 10.0. The van der Waals surface area contributed by atoms with Crippen molar-refractivity contribution in [3.8, 4) is 0 Å². The predicted octanol–water partition coefficient (Wildman–Crippen LogP) is 2.57. The van der Waals surface area contributed by atoms with Gasteiger partial charge < -0.3 is 10.4 Å². The SMILES string of the molecule is Cc1cc(NC2CCCC2C(=O)O)cc([N+](=O)[O-])c1. The fourth-order valence-electron chi connectivity index (χ4n) is 2.59. The number of anilines is 1. The van der Waals surface area contributed by atoms with E-state index in [0.29, 0.717) is 12.1 Å². The molecule has 1 fully saturated rings. The van der Waals surface area contributed by atoms with E-state index in [0.717, 1.165) is 18.4 Å². The Labute approximate surface area is 110 Å². The molecule has 6 heteroatoms. The quantitative estimate of drug-likeness (QED) is 0.644. The molecule has 2 atom stereocenters. The zero-order chi connectivity index (χ0) is 14.0. The minimum absolute atomic E-state index is 0.0207. The van der Waals surface area contributed by atoms with Crippen molar-refractivity contribution in [3.05, 3.63) is 33.9 Å². The van der Waals surface area contributed by atoms with Gasteiger partial charge in [-0.1, -0.05) is 6.42 Å². The molecule has 1 aromatic carbocycles. The number of nitrogens with one attached hydrogen (secondary N) is 1. The van der Waals surface area contributed by atoms with E-state index in [9.17, 15) is 14.9 Å². The number of nitro benzene ring substituents is 1. The van der Waals surface area contributed by atoms with Crippen molar-refractivity contribution in [2.24, 2.45) is 5.92 Å². The first-order valence-corrected chi connectivity index (χ1v) is 6.23. The van der Waals surface area contributed by atoms with Crippen molar-refractivity contribution in [2.75, 3.05) is 5.32 Å². The monoisotopic (exact) mass is 264 g/mol. The van der Waals surface area contributed by atoms with Crippen molar-refractivity contribution < 1.29 is 14.8 Å². The van der Waals surface area contributed by atoms with Crippen LogP contribution in [0, 0.1) is 23.0 Å². The van der Waals surface area contributed by atoms with Crippen LogP contribution >= 0.6 is 0 Å². The lowest BCUT2D eigenvalue weighted by Gasteiger charge is -2.19. The van der Waals surface area contributed by atoms with Crippen LogP contribution in [-0.4, -0.2) is 22.0 Å². The standard InChI is InChI=1S/C13H16N2O4/c1-8-5-9(7-10(6-8)15(18)19)14-12-4-2-3-11(12)13(16)17/h5-7,11-12,14H,2-4H2,1H3,(H,16,17). The van der Waals surface area contributed by atoms with Gasteiger partial charge in [-0.3, -0.25) is 14.9 Å². The van der Waals surface area contributed by atoms with E-state index in [4.69, 9.17) is 5.11 Å². The first-order valence-electron chi connectivity index (χ1n) is 6.23. The average molecular weight is 264 g/mol. The molecule has 0 amide bonds. The van der Waals surface area contributed by atoms with Gasteiger partial charge in [-0.25, -0.2) is 0 Å². The zero-order valence-electron chi connectivity index (χ0n) is 10.6. The average Bonchev–Trinajstić information content (AvgIpc) is 2.76. The van der Waals surface area contributed by atoms with Gasteiger partial charge in [0.05, 0.1) is 10.8 Å². The minimum Gasteiger partial charge on any atom is -0.481 e. The first-order chi connectivity index (χ1) is 8.97. The first kappa shape index (κ1) is 13.3. The molecular formula is C13H16N2O4. The van der Waals surface area contributed by atoms with Gasteiger partial charge in [0, 0.05) is 23.9 Å². The molecule has 1 aliphatic rings. The molecule has 19 heavy (non-hydrogen) atoms. The molecule has 0 spiro atoms. The van der Waals surface area contributed by atoms with Gasteiger partial charge >= 0.3 is 5.97 Å². The number of benzene rings is 1. The lowest BCUT2D eigenvalue weighted by molar-refractivity contribution is -0.384. The highest BCUT2D eigenvalue weighted by Gasteiger charge is 2.32. The van der Waals surface area contributed by atoms with Crippen molar-refractivity contribution in [1.82, 2.24) is 0 Å². The largest absolute Gasteiger partial charge is 0.481 e. The van der Waals surface area contributed by atoms with Crippen LogP contribution in [0.4, 0.5) is 11.4 Å². The van der Waals surface area contributed by atoms with Gasteiger partial charge in [-0.2, -0.15) is 0 Å². The van der Waals surface area contributed by atoms with Crippen LogP contribution in [0.5, 0.6) is 0 Å². The zero-order valence-corrected chi connectivity index (χ0v) is 10.6. The smallest absolute Gasteiger partial charge is 0.308 e. The van der Waals surface area contributed by atoms with Crippen molar-refractivity contribution in [2.45, 2.75) is 32.2 Å². The predicted molar refractivity (Wildman–Crippen MR) is 70.2 cm³/mol. The second-order valence-electron chi connectivity index (χ2n) is 4.94. The van der Waals surface area contributed by atoms with Crippen molar-refractivity contribution >= 4 is 17.3 Å². The topological polar surface area (TPSA) is 92.5 Å². The summed E-state index contributed by atoms with van der Waals surface area (Å²) in [5.41, 5.74) is 1.42. The van der Waals surface area contributed by atoms with Crippen molar-refractivity contribution in [3.63, 3.8) is 0 Å². The highest BCUT2D eigenvalue weighted by molar-refractivity contribution is 5.72. The summed E-state index contributed by atoms with van der Waals surface area (Å²) in [6.45, 7) is 1.78. The minimum atomic E-state index is -0.808. The maximum absolute atomic E-state index is 11.1. The summed E-state index contributed by atoms with van der Waals surface area (Å²) in [5.74, 6) is -1.23. The Kier molecular flexibility index (Phi) is 3.69. The van der Waals surface area contributed by atoms with E-state index in [1.54, 1.807) is 13.0 Å². The molecule has 102 valence electrons. The summed E-state index contributed by atoms with van der Waals surface area (Å²) >= 11 is 0. The Hall–Kier alpha value is -2.11. The number of carboxylic acid groups (broad SMARTS) is 1. The number of aliphatic carboxylic acids is 1. The van der Waals surface area contributed by atoms with Gasteiger partial charge in [-0.05, 0) is 31.4 Å². The third kappa shape index (κ3) is 3.01. The third-order valence-electron chi connectivity index (χ3n) is 3.46. The van der Waals surface area contributed by atoms with E-state index >= 15 is 0 Å². The molecule has 1 aromatic rings. The molecule has 6 nitrogen and oxygen atoms in total. The van der Waals surface area contributed by atoms with Crippen LogP contribution in [0.2, 0.25) is 0 Å². The van der Waals surface area contributed by atoms with Crippen LogP contribution < -0.4 is 5.32 Å². The van der Waals surface area contributed by atoms with Crippen molar-refractivity contribution in [1.29, 1.82) is 0 Å². The maximum Gasteiger partial charge on any atom is 0.308 e. The third-order valence-corrected chi connectivity index (χ3v) is 3.46. The van der Waals surface area contributed by atoms with Gasteiger partial charge in [0.15, 0.2) is 0 Å². The number of non-ortho nitro benzene ring substituents is 1. The van der Waals surface area contributed by atoms with E-state index in [1.807, 2.05) is 0 Å². The normalized spacial score (nSPS) is 22.2. The summed E-state index contributed by atoms with van der Waals surface area (Å²) < 4.78 is 0. The number of nitro groups is 1. The summed E-state index contributed by atoms with van der Waals surface area (Å²) in [7, 11) is 0. The molecular weight excluding hydrogens is 248 g/mol. The molecule has 0 saturated heterocycles. The van der Waals surface area contributed by atoms with Gasteiger partial charge in [-0.15, -0.1) is 0 Å². The van der Waals surface area contributed by atoms with Crippen LogP contribution in [0.15, 0.2) is 18.2 Å². The van der Waals surface area contributed by atoms with Crippen LogP contribution in [-0.2, 0) is 4.79 Å². The second-order valence-corrected chi connectivity index (χ2v) is 4.94. The fraction of sp³-hybridized carbons (Fsp3) is 0.462. The Morgan fingerprint density at radius 2 is 2.16 bits per heavy atom. The van der Waals surface area contributed by atoms with Crippen LogP contribution in [0.25, 0.3) is 0 Å². The number of rotatable bonds is 4. The van der Waals surface area contributed by atoms with E-state index in [1.165, 1.54) is 12.1 Å². The number of carboxylic acids is 1. The molecule has 0 radical (unpaired) electrons. The highest BCUT2D eigenvalue weighted by Crippen LogP contribution is 2.30. The number of nitrogens with zero attached hydrogens (tertiary/aromatic N) is 1. The maximum atomic E-state index is 11.1. The number of hydrogen-bond donors (Lipinski definition) is 2. The summed E-state index contributed by atoms with van der Waals surface area (Å²) in [4.78, 5) is 21.5. The van der Waals surface area contributed by atoms with Crippen LogP contribution in [0.1, 0.15) is 24.8 Å². The summed E-state index contributed by atoms with van der Waals surface area (Å²) in [6.07, 6.45) is 2.29. The van der Waals surface area contributed by atoms with E-state index in [-0.39, 0.29) is 11.7 Å². The Bertz CT molecular complexity index is 515. The second kappa shape index (κ2) is 5.26. The highest BCUT2D eigenvalue weighted by atomic mass is 16.6. The molecule has 2 N–H and O–H groups in total. The van der Waals surface area contributed by atoms with Gasteiger partial charge in [0.25, 0.3) is 5.69 Å². The van der Waals surface area contributed by atoms with E-state index < -0.39 is 16.8 Å². The molecule has 1 saturated carbocycles. The Morgan fingerprint density at radius 3 is 2.79 bits per heavy atom. The van der Waals surface area contributed by atoms with E-state index in [2.05, 4.69) is 5.32 Å². The number of aryl methyl sites for hydroxylation is 1. The number of carbonyl (C=O) groups is 1. The lowest BCUT2D eigenvalue weighted by Crippen LogP contribution is -2.29. The summed E-state index contributed by atoms with van der Waals surface area (Å²) in [5, 5.41) is 23.0. The molecule has 2 unspecified atom stereocenters. The molecule has 1 aliphatic carbocycles. The fourth-order valence-corrected chi connectivity index (χ4v) is 2.59. The molecule has 0 heterocycles.